The van der Waals surface area contributed by atoms with Crippen LogP contribution in [-0.2, 0) is 6.42 Å². The van der Waals surface area contributed by atoms with Crippen molar-refractivity contribution in [2.45, 2.75) is 80.6 Å². The second-order valence-corrected chi connectivity index (χ2v) is 14.1. The van der Waals surface area contributed by atoms with E-state index in [2.05, 4.69) is 149 Å². The highest BCUT2D eigenvalue weighted by Crippen LogP contribution is 2.39. The zero-order chi connectivity index (χ0) is 36.6. The Hall–Kier alpha value is -4.90. The van der Waals surface area contributed by atoms with E-state index in [0.717, 1.165) is 92.4 Å². The fourth-order valence-electron chi connectivity index (χ4n) is 7.93. The average molecular weight is 693 g/mol. The fourth-order valence-corrected chi connectivity index (χ4v) is 7.93. The topological polar surface area (TPSA) is 41.5 Å². The number of benzene rings is 4. The molecule has 0 unspecified atom stereocenters. The fraction of sp³-hybridized carbons (Fsp3) is 0.362. The Balaban J connectivity index is 1.24. The number of nitrogens with zero attached hydrogens (tertiary/aromatic N) is 4. The normalized spacial score (nSPS) is 11.4. The van der Waals surface area contributed by atoms with Crippen LogP contribution in [0.2, 0.25) is 0 Å². The largest absolute Gasteiger partial charge is 0.494 e. The SMILES string of the molecule is CCCN(CCCOc1cccc(-c2nc(CC)c(N(CCC)CCC)c3ccccc23)c1)c1c(C)nc(-c2c(C)cccc2C)c2ccccc12. The van der Waals surface area contributed by atoms with Gasteiger partial charge in [0.25, 0.3) is 0 Å². The predicted molar refractivity (Wildman–Crippen MR) is 223 cm³/mol. The van der Waals surface area contributed by atoms with Gasteiger partial charge in [-0.25, -0.2) is 0 Å². The van der Waals surface area contributed by atoms with Crippen LogP contribution in [0.15, 0.2) is 91.0 Å². The van der Waals surface area contributed by atoms with Crippen molar-refractivity contribution in [3.8, 4) is 28.3 Å². The molecule has 6 aromatic rings. The Morgan fingerprint density at radius 2 is 1.12 bits per heavy atom. The molecule has 6 rings (SSSR count). The van der Waals surface area contributed by atoms with Crippen LogP contribution in [0.3, 0.4) is 0 Å². The number of pyridine rings is 2. The average Bonchev–Trinajstić information content (AvgIpc) is 3.15. The van der Waals surface area contributed by atoms with E-state index in [1.54, 1.807) is 0 Å². The van der Waals surface area contributed by atoms with E-state index < -0.39 is 0 Å². The van der Waals surface area contributed by atoms with E-state index in [1.165, 1.54) is 49.6 Å². The monoisotopic (exact) mass is 692 g/mol. The van der Waals surface area contributed by atoms with Crippen molar-refractivity contribution >= 4 is 32.9 Å². The van der Waals surface area contributed by atoms with E-state index in [-0.39, 0.29) is 0 Å². The van der Waals surface area contributed by atoms with Crippen molar-refractivity contribution in [1.82, 2.24) is 9.97 Å². The van der Waals surface area contributed by atoms with Crippen LogP contribution in [-0.4, -0.2) is 42.8 Å². The molecule has 0 aliphatic rings. The number of aryl methyl sites for hydroxylation is 4. The third kappa shape index (κ3) is 7.65. The summed E-state index contributed by atoms with van der Waals surface area (Å²) >= 11 is 0. The lowest BCUT2D eigenvalue weighted by Crippen LogP contribution is -2.28. The summed E-state index contributed by atoms with van der Waals surface area (Å²) in [4.78, 5) is 15.7. The number of fused-ring (bicyclic) bond motifs is 2. The second kappa shape index (κ2) is 17.1. The lowest BCUT2D eigenvalue weighted by molar-refractivity contribution is 0.312. The maximum Gasteiger partial charge on any atom is 0.119 e. The molecule has 0 saturated carbocycles. The summed E-state index contributed by atoms with van der Waals surface area (Å²) in [6.45, 7) is 20.1. The number of rotatable bonds is 16. The molecule has 0 N–H and O–H groups in total. The highest BCUT2D eigenvalue weighted by atomic mass is 16.5. The summed E-state index contributed by atoms with van der Waals surface area (Å²) in [5.74, 6) is 0.882. The van der Waals surface area contributed by atoms with Gasteiger partial charge in [0, 0.05) is 58.9 Å². The molecule has 0 atom stereocenters. The first-order valence-electron chi connectivity index (χ1n) is 19.5. The lowest BCUT2D eigenvalue weighted by Gasteiger charge is -2.28. The molecule has 0 aliphatic heterocycles. The van der Waals surface area contributed by atoms with Crippen molar-refractivity contribution in [3.05, 3.63) is 114 Å². The minimum Gasteiger partial charge on any atom is -0.494 e. The van der Waals surface area contributed by atoms with Gasteiger partial charge in [-0.2, -0.15) is 0 Å². The van der Waals surface area contributed by atoms with Gasteiger partial charge in [-0.3, -0.25) is 9.97 Å². The third-order valence-corrected chi connectivity index (χ3v) is 10.1. The van der Waals surface area contributed by atoms with Crippen molar-refractivity contribution in [2.75, 3.05) is 42.6 Å². The van der Waals surface area contributed by atoms with Gasteiger partial charge in [0.1, 0.15) is 5.75 Å². The summed E-state index contributed by atoms with van der Waals surface area (Å²) in [6.07, 6.45) is 5.07. The van der Waals surface area contributed by atoms with Crippen molar-refractivity contribution in [1.29, 1.82) is 0 Å². The van der Waals surface area contributed by atoms with Gasteiger partial charge in [-0.15, -0.1) is 0 Å². The van der Waals surface area contributed by atoms with Crippen LogP contribution in [0.5, 0.6) is 5.75 Å². The molecule has 0 bridgehead atoms. The van der Waals surface area contributed by atoms with Crippen LogP contribution >= 0.6 is 0 Å². The molecule has 5 heteroatoms. The molecule has 0 fully saturated rings. The maximum absolute atomic E-state index is 6.47. The molecule has 2 heterocycles. The van der Waals surface area contributed by atoms with Gasteiger partial charge in [-0.1, -0.05) is 107 Å². The number of aromatic nitrogens is 2. The zero-order valence-electron chi connectivity index (χ0n) is 32.4. The van der Waals surface area contributed by atoms with E-state index in [0.29, 0.717) is 6.61 Å². The zero-order valence-corrected chi connectivity index (χ0v) is 32.4. The van der Waals surface area contributed by atoms with Crippen molar-refractivity contribution in [3.63, 3.8) is 0 Å². The Morgan fingerprint density at radius 1 is 0.558 bits per heavy atom. The predicted octanol–water partition coefficient (Wildman–Crippen LogP) is 11.9. The Labute approximate surface area is 311 Å². The summed E-state index contributed by atoms with van der Waals surface area (Å²) in [5, 5.41) is 4.95. The number of hydrogen-bond acceptors (Lipinski definition) is 5. The third-order valence-electron chi connectivity index (χ3n) is 10.1. The van der Waals surface area contributed by atoms with Crippen molar-refractivity contribution in [2.24, 2.45) is 0 Å². The van der Waals surface area contributed by atoms with E-state index in [4.69, 9.17) is 14.7 Å². The Kier molecular flexibility index (Phi) is 12.1. The molecule has 52 heavy (non-hydrogen) atoms. The first kappa shape index (κ1) is 36.9. The smallest absolute Gasteiger partial charge is 0.119 e. The van der Waals surface area contributed by atoms with E-state index in [9.17, 15) is 0 Å². The molecule has 4 aromatic carbocycles. The first-order valence-corrected chi connectivity index (χ1v) is 19.5. The minimum absolute atomic E-state index is 0.630. The molecule has 0 spiro atoms. The quantitative estimate of drug-likeness (QED) is 0.0945. The Morgan fingerprint density at radius 3 is 1.73 bits per heavy atom. The molecule has 5 nitrogen and oxygen atoms in total. The standard InChI is InChI=1S/C47H56N4O/c1-8-27-50(28-9-2)47-41-26-15-12-23-38(41)44(49-42(47)11-4)36-21-17-22-37(32-36)52-31-18-30-51(29-10-3)46-35(7)48-45(39-24-13-14-25-40(39)46)43-33(5)19-16-20-34(43)6/h12-17,19-26,32H,8-11,18,27-31H2,1-7H3. The van der Waals surface area contributed by atoms with Crippen LogP contribution < -0.4 is 14.5 Å². The summed E-state index contributed by atoms with van der Waals surface area (Å²) in [6, 6.07) is 32.6. The van der Waals surface area contributed by atoms with E-state index in [1.807, 2.05) is 0 Å². The van der Waals surface area contributed by atoms with Gasteiger partial charge < -0.3 is 14.5 Å². The van der Waals surface area contributed by atoms with Crippen LogP contribution in [0.4, 0.5) is 11.4 Å². The van der Waals surface area contributed by atoms with Gasteiger partial charge in [0.05, 0.1) is 40.8 Å². The molecular formula is C47H56N4O. The molecule has 270 valence electrons. The van der Waals surface area contributed by atoms with Crippen LogP contribution in [0.1, 0.15) is 75.9 Å². The molecule has 0 saturated heterocycles. The molecule has 0 amide bonds. The van der Waals surface area contributed by atoms with E-state index >= 15 is 0 Å². The number of hydrogen-bond donors (Lipinski definition) is 0. The Bertz CT molecular complexity index is 2110. The molecule has 0 radical (unpaired) electrons. The number of anilines is 2. The lowest BCUT2D eigenvalue weighted by atomic mass is 9.94. The second-order valence-electron chi connectivity index (χ2n) is 14.1. The molecular weight excluding hydrogens is 637 g/mol. The highest BCUT2D eigenvalue weighted by Gasteiger charge is 2.21. The molecule has 2 aromatic heterocycles. The van der Waals surface area contributed by atoms with Gasteiger partial charge >= 0.3 is 0 Å². The number of ether oxygens (including phenoxy) is 1. The first-order chi connectivity index (χ1) is 25.4. The van der Waals surface area contributed by atoms with Gasteiger partial charge in [0.15, 0.2) is 0 Å². The maximum atomic E-state index is 6.47. The van der Waals surface area contributed by atoms with Crippen LogP contribution in [0.25, 0.3) is 44.1 Å². The van der Waals surface area contributed by atoms with Gasteiger partial charge in [-0.05, 0) is 76.1 Å². The summed E-state index contributed by atoms with van der Waals surface area (Å²) < 4.78 is 6.47. The summed E-state index contributed by atoms with van der Waals surface area (Å²) in [7, 11) is 0. The van der Waals surface area contributed by atoms with Crippen molar-refractivity contribution < 1.29 is 4.74 Å². The van der Waals surface area contributed by atoms with Crippen LogP contribution in [0, 0.1) is 20.8 Å². The molecule has 0 aliphatic carbocycles. The minimum atomic E-state index is 0.630. The summed E-state index contributed by atoms with van der Waals surface area (Å²) in [5.41, 5.74) is 11.7. The highest BCUT2D eigenvalue weighted by molar-refractivity contribution is 6.04. The van der Waals surface area contributed by atoms with Gasteiger partial charge in [0.2, 0.25) is 0 Å².